The van der Waals surface area contributed by atoms with E-state index in [1.54, 1.807) is 23.0 Å². The Labute approximate surface area is 183 Å². The molecule has 0 aliphatic carbocycles. The first-order valence-corrected chi connectivity index (χ1v) is 10.4. The zero-order valence-corrected chi connectivity index (χ0v) is 18.8. The Kier molecular flexibility index (Phi) is 7.36. The lowest BCUT2D eigenvalue weighted by Gasteiger charge is -2.22. The van der Waals surface area contributed by atoms with Gasteiger partial charge in [-0.25, -0.2) is 4.68 Å². The molecule has 164 valence electrons. The predicted octanol–water partition coefficient (Wildman–Crippen LogP) is 3.00. The lowest BCUT2D eigenvalue weighted by molar-refractivity contribution is 0.0949. The molecule has 0 atom stereocenters. The van der Waals surface area contributed by atoms with E-state index in [-0.39, 0.29) is 5.91 Å². The minimum absolute atomic E-state index is 0.156. The normalized spacial score (nSPS) is 11.2. The second-order valence-electron chi connectivity index (χ2n) is 7.66. The molecule has 0 spiro atoms. The Hall–Kier alpha value is -3.26. The number of carbonyl (C=O) groups excluding carboxylic acids is 1. The fourth-order valence-electron chi connectivity index (χ4n) is 3.24. The minimum Gasteiger partial charge on any atom is -0.480 e. The van der Waals surface area contributed by atoms with E-state index < -0.39 is 0 Å². The molecule has 8 nitrogen and oxygen atoms in total. The zero-order valence-electron chi connectivity index (χ0n) is 18.8. The van der Waals surface area contributed by atoms with Crippen LogP contribution in [0.1, 0.15) is 48.0 Å². The summed E-state index contributed by atoms with van der Waals surface area (Å²) in [6, 6.07) is 12.1. The highest BCUT2D eigenvalue weighted by Gasteiger charge is 2.18. The van der Waals surface area contributed by atoms with Crippen LogP contribution in [-0.4, -0.2) is 51.0 Å². The first-order chi connectivity index (χ1) is 14.9. The van der Waals surface area contributed by atoms with Crippen molar-refractivity contribution in [2.75, 3.05) is 14.2 Å². The zero-order chi connectivity index (χ0) is 22.4. The second-order valence-corrected chi connectivity index (χ2v) is 7.66. The van der Waals surface area contributed by atoms with Crippen LogP contribution in [0.2, 0.25) is 0 Å². The van der Waals surface area contributed by atoms with Crippen LogP contribution in [0.3, 0.4) is 0 Å². The Morgan fingerprint density at radius 2 is 1.90 bits per heavy atom. The molecule has 0 bridgehead atoms. The van der Waals surface area contributed by atoms with Crippen molar-refractivity contribution in [1.82, 2.24) is 30.2 Å². The molecule has 2 aromatic heterocycles. The third-order valence-corrected chi connectivity index (χ3v) is 5.36. The summed E-state index contributed by atoms with van der Waals surface area (Å²) in [5.41, 5.74) is 3.63. The van der Waals surface area contributed by atoms with E-state index in [9.17, 15) is 4.79 Å². The Morgan fingerprint density at radius 1 is 1.16 bits per heavy atom. The van der Waals surface area contributed by atoms with Crippen LogP contribution in [0.4, 0.5) is 0 Å². The van der Waals surface area contributed by atoms with E-state index in [1.807, 2.05) is 19.1 Å². The van der Waals surface area contributed by atoms with E-state index >= 15 is 0 Å². The van der Waals surface area contributed by atoms with Gasteiger partial charge in [0.25, 0.3) is 5.91 Å². The van der Waals surface area contributed by atoms with Gasteiger partial charge in [-0.05, 0) is 44.5 Å². The van der Waals surface area contributed by atoms with Gasteiger partial charge in [-0.15, -0.1) is 10.2 Å². The SMILES string of the molecule is CCc1c(C(=O)NCc2ccccc2CN(C)C(C)C)cnn1-c1ccc(OC)nn1. The molecular formula is C23H30N6O2. The molecule has 1 aromatic carbocycles. The number of benzene rings is 1. The first-order valence-electron chi connectivity index (χ1n) is 10.4. The number of methoxy groups -OCH3 is 1. The predicted molar refractivity (Wildman–Crippen MR) is 119 cm³/mol. The summed E-state index contributed by atoms with van der Waals surface area (Å²) in [4.78, 5) is 15.2. The second kappa shape index (κ2) is 10.2. The summed E-state index contributed by atoms with van der Waals surface area (Å²) >= 11 is 0. The van der Waals surface area contributed by atoms with Crippen LogP contribution in [0.15, 0.2) is 42.6 Å². The lowest BCUT2D eigenvalue weighted by Crippen LogP contribution is -2.28. The Balaban J connectivity index is 1.75. The minimum atomic E-state index is -0.156. The molecule has 3 rings (SSSR count). The molecule has 0 radical (unpaired) electrons. The molecule has 8 heteroatoms. The molecule has 0 saturated heterocycles. The molecule has 0 aliphatic rings. The molecule has 1 amide bonds. The van der Waals surface area contributed by atoms with Gasteiger partial charge in [0.1, 0.15) is 0 Å². The Morgan fingerprint density at radius 3 is 2.52 bits per heavy atom. The standard InChI is InChI=1S/C23H30N6O2/c1-6-20-19(14-25-29(20)21-11-12-22(31-5)27-26-21)23(30)24-13-17-9-7-8-10-18(17)15-28(4)16(2)3/h7-12,14,16H,6,13,15H2,1-5H3,(H,24,30). The van der Waals surface area contributed by atoms with E-state index in [0.717, 1.165) is 17.8 Å². The van der Waals surface area contributed by atoms with Gasteiger partial charge in [-0.2, -0.15) is 5.10 Å². The summed E-state index contributed by atoms with van der Waals surface area (Å²) < 4.78 is 6.70. The summed E-state index contributed by atoms with van der Waals surface area (Å²) in [6.45, 7) is 7.61. The number of hydrogen-bond donors (Lipinski definition) is 1. The molecular weight excluding hydrogens is 392 g/mol. The first kappa shape index (κ1) is 22.4. The monoisotopic (exact) mass is 422 g/mol. The fraction of sp³-hybridized carbons (Fsp3) is 0.391. The molecule has 1 N–H and O–H groups in total. The van der Waals surface area contributed by atoms with Crippen molar-refractivity contribution in [2.24, 2.45) is 0 Å². The maximum absolute atomic E-state index is 13.0. The van der Waals surface area contributed by atoms with E-state index in [1.165, 1.54) is 12.7 Å². The van der Waals surface area contributed by atoms with Crippen LogP contribution in [-0.2, 0) is 19.5 Å². The topological polar surface area (TPSA) is 85.2 Å². The summed E-state index contributed by atoms with van der Waals surface area (Å²) in [5, 5.41) is 15.5. The maximum atomic E-state index is 13.0. The molecule has 0 aliphatic heterocycles. The van der Waals surface area contributed by atoms with E-state index in [4.69, 9.17) is 4.74 Å². The van der Waals surface area contributed by atoms with Gasteiger partial charge < -0.3 is 10.1 Å². The third kappa shape index (κ3) is 5.27. The van der Waals surface area contributed by atoms with Crippen molar-refractivity contribution < 1.29 is 9.53 Å². The summed E-state index contributed by atoms with van der Waals surface area (Å²) in [5.74, 6) is 0.809. The van der Waals surface area contributed by atoms with Crippen LogP contribution in [0.25, 0.3) is 5.82 Å². The van der Waals surface area contributed by atoms with Crippen molar-refractivity contribution >= 4 is 5.91 Å². The fourth-order valence-corrected chi connectivity index (χ4v) is 3.24. The number of hydrogen-bond acceptors (Lipinski definition) is 6. The molecule has 31 heavy (non-hydrogen) atoms. The number of carbonyl (C=O) groups is 1. The van der Waals surface area contributed by atoms with Gasteiger partial charge >= 0.3 is 0 Å². The highest BCUT2D eigenvalue weighted by Crippen LogP contribution is 2.17. The summed E-state index contributed by atoms with van der Waals surface area (Å²) in [6.07, 6.45) is 2.21. The number of nitrogens with one attached hydrogen (secondary N) is 1. The van der Waals surface area contributed by atoms with E-state index in [2.05, 4.69) is 58.5 Å². The number of nitrogens with zero attached hydrogens (tertiary/aromatic N) is 5. The number of rotatable bonds is 9. The van der Waals surface area contributed by atoms with Crippen molar-refractivity contribution in [3.05, 3.63) is 65.0 Å². The van der Waals surface area contributed by atoms with Crippen molar-refractivity contribution in [3.8, 4) is 11.7 Å². The molecule has 3 aromatic rings. The van der Waals surface area contributed by atoms with Crippen LogP contribution >= 0.6 is 0 Å². The largest absolute Gasteiger partial charge is 0.480 e. The molecule has 0 fully saturated rings. The van der Waals surface area contributed by atoms with Crippen LogP contribution < -0.4 is 10.1 Å². The van der Waals surface area contributed by atoms with Crippen LogP contribution in [0.5, 0.6) is 5.88 Å². The molecule has 2 heterocycles. The van der Waals surface area contributed by atoms with Gasteiger partial charge in [-0.3, -0.25) is 9.69 Å². The van der Waals surface area contributed by atoms with Gasteiger partial charge in [0.2, 0.25) is 5.88 Å². The third-order valence-electron chi connectivity index (χ3n) is 5.36. The summed E-state index contributed by atoms with van der Waals surface area (Å²) in [7, 11) is 3.64. The molecule has 0 unspecified atom stereocenters. The van der Waals surface area contributed by atoms with Gasteiger partial charge in [0.15, 0.2) is 5.82 Å². The van der Waals surface area contributed by atoms with Gasteiger partial charge in [0.05, 0.1) is 24.6 Å². The quantitative estimate of drug-likeness (QED) is 0.571. The number of amides is 1. The van der Waals surface area contributed by atoms with Crippen molar-refractivity contribution in [3.63, 3.8) is 0 Å². The van der Waals surface area contributed by atoms with E-state index in [0.29, 0.717) is 36.3 Å². The number of ether oxygens (including phenoxy) is 1. The average molecular weight is 423 g/mol. The van der Waals surface area contributed by atoms with Gasteiger partial charge in [0, 0.05) is 25.2 Å². The number of aromatic nitrogens is 4. The smallest absolute Gasteiger partial charge is 0.255 e. The van der Waals surface area contributed by atoms with Crippen molar-refractivity contribution in [2.45, 2.75) is 46.3 Å². The van der Waals surface area contributed by atoms with Gasteiger partial charge in [-0.1, -0.05) is 31.2 Å². The maximum Gasteiger partial charge on any atom is 0.255 e. The average Bonchev–Trinajstić information content (AvgIpc) is 3.22. The molecule has 0 saturated carbocycles. The highest BCUT2D eigenvalue weighted by atomic mass is 16.5. The Bertz CT molecular complexity index is 1010. The van der Waals surface area contributed by atoms with Crippen LogP contribution in [0, 0.1) is 0 Å². The highest BCUT2D eigenvalue weighted by molar-refractivity contribution is 5.95. The lowest BCUT2D eigenvalue weighted by atomic mass is 10.1. The van der Waals surface area contributed by atoms with Crippen molar-refractivity contribution in [1.29, 1.82) is 0 Å².